The van der Waals surface area contributed by atoms with Gasteiger partial charge in [0.05, 0.1) is 0 Å². The molecular formula is C13H16N2O2S. The topological polar surface area (TPSA) is 61.4 Å². The molecule has 3 N–H and O–H groups in total. The Hall–Kier alpha value is -1.43. The molecule has 0 aliphatic rings. The van der Waals surface area contributed by atoms with E-state index in [0.29, 0.717) is 13.1 Å². The molecule has 1 aromatic heterocycles. The number of aliphatic carboxylic acids is 1. The van der Waals surface area contributed by atoms with Crippen LogP contribution in [0.4, 0.5) is 0 Å². The van der Waals surface area contributed by atoms with Gasteiger partial charge in [0, 0.05) is 17.8 Å². The van der Waals surface area contributed by atoms with Crippen LogP contribution in [0.1, 0.15) is 5.56 Å². The summed E-state index contributed by atoms with van der Waals surface area (Å²) < 4.78 is 1.26. The van der Waals surface area contributed by atoms with Gasteiger partial charge < -0.3 is 15.7 Å². The predicted molar refractivity (Wildman–Crippen MR) is 74.0 cm³/mol. The summed E-state index contributed by atoms with van der Waals surface area (Å²) in [5.74, 6) is -0.833. The molecular weight excluding hydrogens is 248 g/mol. The van der Waals surface area contributed by atoms with Crippen LogP contribution < -0.4 is 10.6 Å². The highest BCUT2D eigenvalue weighted by Gasteiger charge is 2.13. The van der Waals surface area contributed by atoms with E-state index in [9.17, 15) is 4.79 Å². The van der Waals surface area contributed by atoms with Crippen LogP contribution in [0.3, 0.4) is 0 Å². The van der Waals surface area contributed by atoms with Crippen LogP contribution in [-0.4, -0.2) is 30.7 Å². The van der Waals surface area contributed by atoms with E-state index in [0.717, 1.165) is 0 Å². The first kappa shape index (κ1) is 13.0. The summed E-state index contributed by atoms with van der Waals surface area (Å²) in [5.41, 5.74) is 1.22. The molecule has 5 heteroatoms. The van der Waals surface area contributed by atoms with Crippen molar-refractivity contribution in [1.82, 2.24) is 10.6 Å². The van der Waals surface area contributed by atoms with Crippen LogP contribution in [0, 0.1) is 0 Å². The van der Waals surface area contributed by atoms with Crippen molar-refractivity contribution in [3.63, 3.8) is 0 Å². The molecule has 0 saturated heterocycles. The Morgan fingerprint density at radius 2 is 2.22 bits per heavy atom. The minimum atomic E-state index is -0.833. The zero-order valence-electron chi connectivity index (χ0n) is 10.1. The fourth-order valence-electron chi connectivity index (χ4n) is 1.83. The number of hydrogen-bond donors (Lipinski definition) is 3. The van der Waals surface area contributed by atoms with Crippen molar-refractivity contribution < 1.29 is 9.90 Å². The number of rotatable bonds is 6. The average molecular weight is 264 g/mol. The van der Waals surface area contributed by atoms with Gasteiger partial charge >= 0.3 is 5.97 Å². The van der Waals surface area contributed by atoms with Crippen molar-refractivity contribution in [2.45, 2.75) is 12.6 Å². The molecule has 0 amide bonds. The molecule has 0 aliphatic carbocycles. The normalized spacial score (nSPS) is 12.7. The van der Waals surface area contributed by atoms with Gasteiger partial charge in [0.2, 0.25) is 0 Å². The van der Waals surface area contributed by atoms with Crippen molar-refractivity contribution in [3.05, 3.63) is 35.2 Å². The molecule has 18 heavy (non-hydrogen) atoms. The highest BCUT2D eigenvalue weighted by atomic mass is 32.1. The van der Waals surface area contributed by atoms with Crippen LogP contribution in [0.15, 0.2) is 29.6 Å². The lowest BCUT2D eigenvalue weighted by molar-refractivity contribution is -0.139. The third kappa shape index (κ3) is 2.87. The van der Waals surface area contributed by atoms with E-state index in [2.05, 4.69) is 28.1 Å². The third-order valence-corrected chi connectivity index (χ3v) is 3.88. The van der Waals surface area contributed by atoms with Gasteiger partial charge in [-0.05, 0) is 29.4 Å². The number of thiophene rings is 1. The lowest BCUT2D eigenvalue weighted by Crippen LogP contribution is -2.42. The Kier molecular flexibility index (Phi) is 4.30. The Bertz CT molecular complexity index is 539. The van der Waals surface area contributed by atoms with Crippen LogP contribution in [0.2, 0.25) is 0 Å². The van der Waals surface area contributed by atoms with E-state index in [4.69, 9.17) is 5.11 Å². The number of likely N-dealkylation sites (N-methyl/N-ethyl adjacent to an activating group) is 1. The summed E-state index contributed by atoms with van der Waals surface area (Å²) in [5, 5.41) is 18.2. The molecule has 0 spiro atoms. The Labute approximate surface area is 110 Å². The molecule has 1 atom stereocenters. The van der Waals surface area contributed by atoms with Gasteiger partial charge in [-0.1, -0.05) is 18.2 Å². The summed E-state index contributed by atoms with van der Waals surface area (Å²) in [6.07, 6.45) is 0. The molecule has 1 heterocycles. The predicted octanol–water partition coefficient (Wildman–Crippen LogP) is 1.66. The standard InChI is InChI=1S/C13H16N2O2S/c1-14-11(13(16)17)7-15-6-9-8-18-12-5-3-2-4-10(9)12/h2-5,8,11,14-15H,6-7H2,1H3,(H,16,17). The van der Waals surface area contributed by atoms with Crippen LogP contribution >= 0.6 is 11.3 Å². The zero-order valence-corrected chi connectivity index (χ0v) is 11.0. The van der Waals surface area contributed by atoms with Gasteiger partial charge in [0.1, 0.15) is 6.04 Å². The molecule has 1 unspecified atom stereocenters. The monoisotopic (exact) mass is 264 g/mol. The van der Waals surface area contributed by atoms with E-state index in [1.54, 1.807) is 18.4 Å². The van der Waals surface area contributed by atoms with E-state index >= 15 is 0 Å². The van der Waals surface area contributed by atoms with E-state index in [1.807, 2.05) is 12.1 Å². The highest BCUT2D eigenvalue weighted by Crippen LogP contribution is 2.25. The summed E-state index contributed by atoms with van der Waals surface area (Å²) in [7, 11) is 1.65. The number of benzene rings is 1. The summed E-state index contributed by atoms with van der Waals surface area (Å²) in [6.45, 7) is 1.10. The van der Waals surface area contributed by atoms with E-state index in [-0.39, 0.29) is 0 Å². The molecule has 1 aromatic carbocycles. The van der Waals surface area contributed by atoms with Gasteiger partial charge in [0.25, 0.3) is 0 Å². The first-order chi connectivity index (χ1) is 8.72. The van der Waals surface area contributed by atoms with E-state index < -0.39 is 12.0 Å². The second kappa shape index (κ2) is 5.95. The smallest absolute Gasteiger partial charge is 0.322 e. The SMILES string of the molecule is CNC(CNCc1csc2ccccc12)C(=O)O. The Morgan fingerprint density at radius 3 is 2.94 bits per heavy atom. The molecule has 2 rings (SSSR count). The van der Waals surface area contributed by atoms with Gasteiger partial charge in [-0.2, -0.15) is 0 Å². The lowest BCUT2D eigenvalue weighted by atomic mass is 10.2. The number of nitrogens with one attached hydrogen (secondary N) is 2. The summed E-state index contributed by atoms with van der Waals surface area (Å²) in [6, 6.07) is 7.69. The highest BCUT2D eigenvalue weighted by molar-refractivity contribution is 7.17. The molecule has 0 radical (unpaired) electrons. The van der Waals surface area contributed by atoms with Gasteiger partial charge in [-0.15, -0.1) is 11.3 Å². The molecule has 2 aromatic rings. The van der Waals surface area contributed by atoms with Crippen LogP contribution in [0.25, 0.3) is 10.1 Å². The van der Waals surface area contributed by atoms with Gasteiger partial charge in [-0.25, -0.2) is 0 Å². The van der Waals surface area contributed by atoms with Gasteiger partial charge in [0.15, 0.2) is 0 Å². The largest absolute Gasteiger partial charge is 0.480 e. The maximum atomic E-state index is 10.8. The fourth-order valence-corrected chi connectivity index (χ4v) is 2.80. The van der Waals surface area contributed by atoms with Crippen molar-refractivity contribution in [2.24, 2.45) is 0 Å². The molecule has 0 bridgehead atoms. The number of carboxylic acids is 1. The number of fused-ring (bicyclic) bond motifs is 1. The van der Waals surface area contributed by atoms with Crippen molar-refractivity contribution >= 4 is 27.4 Å². The first-order valence-corrected chi connectivity index (χ1v) is 6.66. The Morgan fingerprint density at radius 1 is 1.44 bits per heavy atom. The van der Waals surface area contributed by atoms with Crippen molar-refractivity contribution in [3.8, 4) is 0 Å². The van der Waals surface area contributed by atoms with Crippen molar-refractivity contribution in [1.29, 1.82) is 0 Å². The maximum Gasteiger partial charge on any atom is 0.322 e. The average Bonchev–Trinajstić information content (AvgIpc) is 2.78. The Balaban J connectivity index is 1.96. The molecule has 96 valence electrons. The molecule has 0 fully saturated rings. The lowest BCUT2D eigenvalue weighted by Gasteiger charge is -2.11. The number of hydrogen-bond acceptors (Lipinski definition) is 4. The molecule has 0 aliphatic heterocycles. The second-order valence-electron chi connectivity index (χ2n) is 4.07. The fraction of sp³-hybridized carbons (Fsp3) is 0.308. The minimum absolute atomic E-state index is 0.413. The zero-order chi connectivity index (χ0) is 13.0. The van der Waals surface area contributed by atoms with Crippen LogP contribution in [-0.2, 0) is 11.3 Å². The first-order valence-electron chi connectivity index (χ1n) is 5.78. The maximum absolute atomic E-state index is 10.8. The number of carboxylic acid groups (broad SMARTS) is 1. The van der Waals surface area contributed by atoms with Crippen LogP contribution in [0.5, 0.6) is 0 Å². The third-order valence-electron chi connectivity index (χ3n) is 2.87. The molecule has 0 saturated carbocycles. The molecule has 4 nitrogen and oxygen atoms in total. The minimum Gasteiger partial charge on any atom is -0.480 e. The second-order valence-corrected chi connectivity index (χ2v) is 4.98. The summed E-state index contributed by atoms with van der Waals surface area (Å²) in [4.78, 5) is 10.8. The quantitative estimate of drug-likeness (QED) is 0.742. The van der Waals surface area contributed by atoms with E-state index in [1.165, 1.54) is 15.6 Å². The summed E-state index contributed by atoms with van der Waals surface area (Å²) >= 11 is 1.71. The number of carbonyl (C=O) groups is 1. The van der Waals surface area contributed by atoms with Crippen molar-refractivity contribution in [2.75, 3.05) is 13.6 Å². The van der Waals surface area contributed by atoms with Gasteiger partial charge in [-0.3, -0.25) is 4.79 Å².